The fourth-order valence-electron chi connectivity index (χ4n) is 2.62. The Kier molecular flexibility index (Phi) is 4.72. The first kappa shape index (κ1) is 17.4. The SMILES string of the molecule is O=C(COc1ccc(F)cc1Cl)Nc1cccc(-c2nnnn2C2CC2)c1. The molecule has 7 nitrogen and oxygen atoms in total. The van der Waals surface area contributed by atoms with Crippen molar-refractivity contribution in [2.45, 2.75) is 18.9 Å². The molecular weight excluding hydrogens is 373 g/mol. The maximum absolute atomic E-state index is 13.0. The van der Waals surface area contributed by atoms with Crippen molar-refractivity contribution in [3.05, 3.63) is 53.3 Å². The van der Waals surface area contributed by atoms with Crippen LogP contribution < -0.4 is 10.1 Å². The zero-order valence-corrected chi connectivity index (χ0v) is 14.9. The number of nitrogens with zero attached hydrogens (tertiary/aromatic N) is 4. The van der Waals surface area contributed by atoms with Crippen LogP contribution in [0.3, 0.4) is 0 Å². The van der Waals surface area contributed by atoms with Crippen LogP contribution in [-0.4, -0.2) is 32.7 Å². The fraction of sp³-hybridized carbons (Fsp3) is 0.222. The fourth-order valence-corrected chi connectivity index (χ4v) is 2.84. The van der Waals surface area contributed by atoms with Crippen molar-refractivity contribution >= 4 is 23.2 Å². The molecule has 138 valence electrons. The van der Waals surface area contributed by atoms with Gasteiger partial charge in [0.25, 0.3) is 5.91 Å². The van der Waals surface area contributed by atoms with E-state index >= 15 is 0 Å². The van der Waals surface area contributed by atoms with Crippen LogP contribution >= 0.6 is 11.6 Å². The summed E-state index contributed by atoms with van der Waals surface area (Å²) in [5.41, 5.74) is 1.41. The van der Waals surface area contributed by atoms with Crippen molar-refractivity contribution in [3.63, 3.8) is 0 Å². The van der Waals surface area contributed by atoms with Gasteiger partial charge in [-0.25, -0.2) is 9.07 Å². The molecule has 0 radical (unpaired) electrons. The standard InChI is InChI=1S/C18H15ClFN5O2/c19-15-9-12(20)4-7-16(15)27-10-17(26)21-13-3-1-2-11(8-13)18-22-23-24-25(18)14-5-6-14/h1-4,7-9,14H,5-6,10H2,(H,21,26). The number of ether oxygens (including phenoxy) is 1. The van der Waals surface area contributed by atoms with Gasteiger partial charge in [-0.3, -0.25) is 4.79 Å². The number of benzene rings is 2. The predicted octanol–water partition coefficient (Wildman–Crippen LogP) is 3.49. The lowest BCUT2D eigenvalue weighted by atomic mass is 10.2. The van der Waals surface area contributed by atoms with Crippen molar-refractivity contribution in [3.8, 4) is 17.1 Å². The van der Waals surface area contributed by atoms with E-state index in [-0.39, 0.29) is 23.3 Å². The molecule has 0 spiro atoms. The Bertz CT molecular complexity index is 989. The van der Waals surface area contributed by atoms with E-state index in [0.717, 1.165) is 24.5 Å². The van der Waals surface area contributed by atoms with E-state index in [1.807, 2.05) is 12.1 Å². The first-order valence-corrected chi connectivity index (χ1v) is 8.74. The van der Waals surface area contributed by atoms with Crippen molar-refractivity contribution in [2.75, 3.05) is 11.9 Å². The third-order valence-corrected chi connectivity index (χ3v) is 4.34. The van der Waals surface area contributed by atoms with Crippen LogP contribution in [0.1, 0.15) is 18.9 Å². The maximum Gasteiger partial charge on any atom is 0.262 e. The number of carbonyl (C=O) groups is 1. The average Bonchev–Trinajstić information content (AvgIpc) is 3.37. The van der Waals surface area contributed by atoms with Crippen LogP contribution in [-0.2, 0) is 4.79 Å². The van der Waals surface area contributed by atoms with Crippen LogP contribution in [0.5, 0.6) is 5.75 Å². The topological polar surface area (TPSA) is 81.9 Å². The smallest absolute Gasteiger partial charge is 0.262 e. The third-order valence-electron chi connectivity index (χ3n) is 4.04. The summed E-state index contributed by atoms with van der Waals surface area (Å²) in [7, 11) is 0. The molecule has 4 rings (SSSR count). The molecule has 0 saturated heterocycles. The summed E-state index contributed by atoms with van der Waals surface area (Å²) in [4.78, 5) is 12.1. The third kappa shape index (κ3) is 4.06. The molecule has 0 unspecified atom stereocenters. The van der Waals surface area contributed by atoms with Gasteiger partial charge in [-0.05, 0) is 53.6 Å². The number of amides is 1. The Labute approximate surface area is 159 Å². The summed E-state index contributed by atoms with van der Waals surface area (Å²) in [6.45, 7) is -0.255. The molecule has 27 heavy (non-hydrogen) atoms. The Morgan fingerprint density at radius 3 is 2.93 bits per heavy atom. The maximum atomic E-state index is 13.0. The summed E-state index contributed by atoms with van der Waals surface area (Å²) < 4.78 is 20.2. The molecule has 1 aliphatic rings. The van der Waals surface area contributed by atoms with E-state index < -0.39 is 5.82 Å². The predicted molar refractivity (Wildman–Crippen MR) is 97.1 cm³/mol. The summed E-state index contributed by atoms with van der Waals surface area (Å²) in [5.74, 6) is 0.0741. The minimum Gasteiger partial charge on any atom is -0.482 e. The zero-order chi connectivity index (χ0) is 18.8. The molecule has 0 bridgehead atoms. The summed E-state index contributed by atoms with van der Waals surface area (Å²) in [6.07, 6.45) is 2.13. The second-order valence-corrected chi connectivity index (χ2v) is 6.58. The molecule has 1 aliphatic carbocycles. The van der Waals surface area contributed by atoms with Crippen molar-refractivity contribution in [1.82, 2.24) is 20.2 Å². The number of rotatable bonds is 6. The van der Waals surface area contributed by atoms with E-state index in [1.54, 1.807) is 16.8 Å². The van der Waals surface area contributed by atoms with Crippen molar-refractivity contribution in [1.29, 1.82) is 0 Å². The van der Waals surface area contributed by atoms with Gasteiger partial charge in [-0.15, -0.1) is 5.10 Å². The van der Waals surface area contributed by atoms with Gasteiger partial charge in [0.2, 0.25) is 0 Å². The van der Waals surface area contributed by atoms with Crippen LogP contribution in [0.4, 0.5) is 10.1 Å². The molecule has 1 saturated carbocycles. The number of tetrazole rings is 1. The van der Waals surface area contributed by atoms with Crippen LogP contribution in [0, 0.1) is 5.82 Å². The first-order chi connectivity index (χ1) is 13.1. The molecule has 1 fully saturated rings. The first-order valence-electron chi connectivity index (χ1n) is 8.36. The molecule has 0 atom stereocenters. The zero-order valence-electron chi connectivity index (χ0n) is 14.1. The Morgan fingerprint density at radius 1 is 1.30 bits per heavy atom. The molecule has 1 heterocycles. The van der Waals surface area contributed by atoms with Gasteiger partial charge in [0.15, 0.2) is 12.4 Å². The number of aromatic nitrogens is 4. The van der Waals surface area contributed by atoms with Crippen molar-refractivity contribution in [2.24, 2.45) is 0 Å². The highest BCUT2D eigenvalue weighted by Gasteiger charge is 2.28. The molecule has 1 N–H and O–H groups in total. The summed E-state index contributed by atoms with van der Waals surface area (Å²) in [5, 5.41) is 14.7. The van der Waals surface area contributed by atoms with Crippen molar-refractivity contribution < 1.29 is 13.9 Å². The molecule has 1 amide bonds. The van der Waals surface area contributed by atoms with Crippen LogP contribution in [0.15, 0.2) is 42.5 Å². The van der Waals surface area contributed by atoms with Gasteiger partial charge >= 0.3 is 0 Å². The largest absolute Gasteiger partial charge is 0.482 e. The Hall–Kier alpha value is -3.00. The van der Waals surface area contributed by atoms with Gasteiger partial charge in [-0.1, -0.05) is 23.7 Å². The van der Waals surface area contributed by atoms with E-state index in [0.29, 0.717) is 17.6 Å². The average molecular weight is 388 g/mol. The molecule has 9 heteroatoms. The second kappa shape index (κ2) is 7.32. The lowest BCUT2D eigenvalue weighted by Gasteiger charge is -2.10. The Balaban J connectivity index is 1.42. The molecule has 0 aliphatic heterocycles. The number of halogens is 2. The van der Waals surface area contributed by atoms with Gasteiger partial charge in [0, 0.05) is 11.3 Å². The second-order valence-electron chi connectivity index (χ2n) is 6.17. The molecule has 3 aromatic rings. The monoisotopic (exact) mass is 387 g/mol. The lowest BCUT2D eigenvalue weighted by molar-refractivity contribution is -0.118. The minimum absolute atomic E-state index is 0.108. The Morgan fingerprint density at radius 2 is 2.15 bits per heavy atom. The quantitative estimate of drug-likeness (QED) is 0.700. The van der Waals surface area contributed by atoms with Gasteiger partial charge in [0.05, 0.1) is 11.1 Å². The van der Waals surface area contributed by atoms with E-state index in [9.17, 15) is 9.18 Å². The van der Waals surface area contributed by atoms with Gasteiger partial charge in [-0.2, -0.15) is 0 Å². The number of hydrogen-bond donors (Lipinski definition) is 1. The summed E-state index contributed by atoms with van der Waals surface area (Å²) >= 11 is 5.88. The van der Waals surface area contributed by atoms with E-state index in [2.05, 4.69) is 20.8 Å². The number of carbonyl (C=O) groups excluding carboxylic acids is 1. The lowest BCUT2D eigenvalue weighted by Crippen LogP contribution is -2.20. The highest BCUT2D eigenvalue weighted by Crippen LogP contribution is 2.36. The molecule has 2 aromatic carbocycles. The van der Waals surface area contributed by atoms with Crippen LogP contribution in [0.2, 0.25) is 5.02 Å². The van der Waals surface area contributed by atoms with Gasteiger partial charge < -0.3 is 10.1 Å². The number of hydrogen-bond acceptors (Lipinski definition) is 5. The summed E-state index contributed by atoms with van der Waals surface area (Å²) in [6, 6.07) is 11.3. The number of nitrogens with one attached hydrogen (secondary N) is 1. The normalized spacial score (nSPS) is 13.4. The molecule has 1 aromatic heterocycles. The highest BCUT2D eigenvalue weighted by molar-refractivity contribution is 6.32. The van der Waals surface area contributed by atoms with E-state index in [1.165, 1.54) is 12.1 Å². The highest BCUT2D eigenvalue weighted by atomic mass is 35.5. The minimum atomic E-state index is -0.470. The molecular formula is C18H15ClFN5O2. The van der Waals surface area contributed by atoms with E-state index in [4.69, 9.17) is 16.3 Å². The van der Waals surface area contributed by atoms with Crippen LogP contribution in [0.25, 0.3) is 11.4 Å². The van der Waals surface area contributed by atoms with Gasteiger partial charge in [0.1, 0.15) is 11.6 Å². The number of anilines is 1.